The molecule has 0 aromatic carbocycles. The minimum absolute atomic E-state index is 0.842. The first kappa shape index (κ1) is 9.45. The molecule has 0 aliphatic carbocycles. The molecule has 0 saturated heterocycles. The quantitative estimate of drug-likeness (QED) is 0.780. The largest absolute Gasteiger partial charge is 0.330 e. The van der Waals surface area contributed by atoms with E-state index >= 15 is 0 Å². The van der Waals surface area contributed by atoms with E-state index in [2.05, 4.69) is 26.0 Å². The third kappa shape index (κ3) is 1.37. The summed E-state index contributed by atoms with van der Waals surface area (Å²) in [6, 6.07) is 1.98. The van der Waals surface area contributed by atoms with Crippen LogP contribution in [-0.2, 0) is 14.1 Å². The molecule has 14 heavy (non-hydrogen) atoms. The highest BCUT2D eigenvalue weighted by Crippen LogP contribution is 2.22. The molecule has 2 heterocycles. The standard InChI is InChI=1S/C9H11BrN4/c1-6-11-5-8(13(6)2)7-4-9(10)12-14(7)3/h4-5H,1-3H3. The smallest absolute Gasteiger partial charge is 0.128 e. The lowest BCUT2D eigenvalue weighted by molar-refractivity contribution is 0.756. The van der Waals surface area contributed by atoms with Crippen LogP contribution in [0.15, 0.2) is 16.9 Å². The van der Waals surface area contributed by atoms with Crippen LogP contribution in [0.2, 0.25) is 0 Å². The highest BCUT2D eigenvalue weighted by atomic mass is 79.9. The average Bonchev–Trinajstić information content (AvgIpc) is 2.59. The molecule has 0 bridgehead atoms. The second-order valence-corrected chi connectivity index (χ2v) is 4.04. The number of imidazole rings is 1. The zero-order valence-corrected chi connectivity index (χ0v) is 9.91. The fourth-order valence-corrected chi connectivity index (χ4v) is 1.87. The maximum absolute atomic E-state index is 4.25. The van der Waals surface area contributed by atoms with E-state index in [1.165, 1.54) is 0 Å². The van der Waals surface area contributed by atoms with Gasteiger partial charge in [-0.2, -0.15) is 5.10 Å². The van der Waals surface area contributed by atoms with Crippen molar-refractivity contribution in [3.05, 3.63) is 22.7 Å². The Labute approximate surface area is 90.7 Å². The fourth-order valence-electron chi connectivity index (χ4n) is 1.41. The van der Waals surface area contributed by atoms with Crippen LogP contribution in [0.25, 0.3) is 11.4 Å². The SMILES string of the molecule is Cc1ncc(-c2cc(Br)nn2C)n1C. The molecule has 0 aliphatic rings. The van der Waals surface area contributed by atoms with Crippen molar-refractivity contribution >= 4 is 15.9 Å². The first-order chi connectivity index (χ1) is 6.59. The number of aromatic nitrogens is 4. The molecule has 0 aliphatic heterocycles. The minimum atomic E-state index is 0.842. The molecule has 2 aromatic heterocycles. The van der Waals surface area contributed by atoms with Crippen molar-refractivity contribution in [3.63, 3.8) is 0 Å². The predicted octanol–water partition coefficient (Wildman–Crippen LogP) is 1.89. The second-order valence-electron chi connectivity index (χ2n) is 3.23. The number of nitrogens with zero attached hydrogens (tertiary/aromatic N) is 4. The van der Waals surface area contributed by atoms with Crippen LogP contribution in [-0.4, -0.2) is 19.3 Å². The van der Waals surface area contributed by atoms with Gasteiger partial charge in [0.1, 0.15) is 10.4 Å². The Morgan fingerprint density at radius 1 is 1.29 bits per heavy atom. The zero-order chi connectivity index (χ0) is 10.3. The Balaban J connectivity index is 2.59. The van der Waals surface area contributed by atoms with Crippen LogP contribution in [0, 0.1) is 6.92 Å². The fraction of sp³-hybridized carbons (Fsp3) is 0.333. The van der Waals surface area contributed by atoms with E-state index < -0.39 is 0 Å². The molecule has 0 N–H and O–H groups in total. The van der Waals surface area contributed by atoms with Crippen molar-refractivity contribution in [2.45, 2.75) is 6.92 Å². The lowest BCUT2D eigenvalue weighted by atomic mass is 10.3. The van der Waals surface area contributed by atoms with Crippen LogP contribution in [0.1, 0.15) is 5.82 Å². The Morgan fingerprint density at radius 2 is 2.00 bits per heavy atom. The van der Waals surface area contributed by atoms with Crippen molar-refractivity contribution in [3.8, 4) is 11.4 Å². The first-order valence-electron chi connectivity index (χ1n) is 4.28. The highest BCUT2D eigenvalue weighted by Gasteiger charge is 2.10. The summed E-state index contributed by atoms with van der Waals surface area (Å²) in [4.78, 5) is 4.25. The maximum Gasteiger partial charge on any atom is 0.128 e. The van der Waals surface area contributed by atoms with Gasteiger partial charge < -0.3 is 4.57 Å². The zero-order valence-electron chi connectivity index (χ0n) is 8.32. The van der Waals surface area contributed by atoms with Gasteiger partial charge in [-0.1, -0.05) is 0 Å². The molecular weight excluding hydrogens is 244 g/mol. The first-order valence-corrected chi connectivity index (χ1v) is 5.07. The highest BCUT2D eigenvalue weighted by molar-refractivity contribution is 9.10. The van der Waals surface area contributed by atoms with Gasteiger partial charge in [0.05, 0.1) is 17.6 Å². The lowest BCUT2D eigenvalue weighted by Crippen LogP contribution is -1.99. The average molecular weight is 255 g/mol. The molecule has 5 heteroatoms. The summed E-state index contributed by atoms with van der Waals surface area (Å²) >= 11 is 3.35. The second kappa shape index (κ2) is 3.24. The molecule has 0 amide bonds. The van der Waals surface area contributed by atoms with Crippen LogP contribution < -0.4 is 0 Å². The van der Waals surface area contributed by atoms with Gasteiger partial charge in [0.25, 0.3) is 0 Å². The van der Waals surface area contributed by atoms with Gasteiger partial charge in [-0.05, 0) is 22.9 Å². The monoisotopic (exact) mass is 254 g/mol. The third-order valence-electron chi connectivity index (χ3n) is 2.33. The number of hydrogen-bond acceptors (Lipinski definition) is 2. The van der Waals surface area contributed by atoms with Crippen molar-refractivity contribution in [2.24, 2.45) is 14.1 Å². The summed E-state index contributed by atoms with van der Waals surface area (Å²) < 4.78 is 4.72. The number of rotatable bonds is 1. The maximum atomic E-state index is 4.25. The Hall–Kier alpha value is -1.10. The number of aryl methyl sites for hydroxylation is 2. The molecule has 4 nitrogen and oxygen atoms in total. The molecule has 0 radical (unpaired) electrons. The molecule has 2 aromatic rings. The molecule has 2 rings (SSSR count). The van der Waals surface area contributed by atoms with E-state index in [4.69, 9.17) is 0 Å². The summed E-state index contributed by atoms with van der Waals surface area (Å²) in [7, 11) is 3.92. The summed E-state index contributed by atoms with van der Waals surface area (Å²) in [5.74, 6) is 0.998. The lowest BCUT2D eigenvalue weighted by Gasteiger charge is -2.03. The van der Waals surface area contributed by atoms with Gasteiger partial charge in [0.2, 0.25) is 0 Å². The van der Waals surface area contributed by atoms with Gasteiger partial charge in [-0.15, -0.1) is 0 Å². The summed E-state index contributed by atoms with van der Waals surface area (Å²) in [6.07, 6.45) is 1.86. The Bertz CT molecular complexity index is 469. The van der Waals surface area contributed by atoms with Crippen molar-refractivity contribution in [1.29, 1.82) is 0 Å². The number of halogens is 1. The molecule has 0 fully saturated rings. The molecule has 0 saturated carbocycles. The van der Waals surface area contributed by atoms with Crippen LogP contribution in [0.3, 0.4) is 0 Å². The summed E-state index contributed by atoms with van der Waals surface area (Å²) in [6.45, 7) is 1.98. The van der Waals surface area contributed by atoms with Gasteiger partial charge >= 0.3 is 0 Å². The minimum Gasteiger partial charge on any atom is -0.330 e. The van der Waals surface area contributed by atoms with E-state index in [-0.39, 0.29) is 0 Å². The van der Waals surface area contributed by atoms with Gasteiger partial charge in [0, 0.05) is 20.2 Å². The summed E-state index contributed by atoms with van der Waals surface area (Å²) in [5, 5.41) is 4.23. The number of hydrogen-bond donors (Lipinski definition) is 0. The topological polar surface area (TPSA) is 35.6 Å². The van der Waals surface area contributed by atoms with Gasteiger partial charge in [0.15, 0.2) is 0 Å². The molecular formula is C9H11BrN4. The van der Waals surface area contributed by atoms with Gasteiger partial charge in [-0.25, -0.2) is 4.98 Å². The van der Waals surface area contributed by atoms with Crippen LogP contribution in [0.5, 0.6) is 0 Å². The van der Waals surface area contributed by atoms with E-state index in [1.807, 2.05) is 42.5 Å². The Kier molecular flexibility index (Phi) is 2.19. The van der Waals surface area contributed by atoms with Crippen LogP contribution >= 0.6 is 15.9 Å². The third-order valence-corrected chi connectivity index (χ3v) is 2.72. The van der Waals surface area contributed by atoms with Crippen LogP contribution in [0.4, 0.5) is 0 Å². The molecule has 0 unspecified atom stereocenters. The molecule has 74 valence electrons. The van der Waals surface area contributed by atoms with Crippen molar-refractivity contribution in [2.75, 3.05) is 0 Å². The predicted molar refractivity (Wildman–Crippen MR) is 57.8 cm³/mol. The Morgan fingerprint density at radius 3 is 2.43 bits per heavy atom. The van der Waals surface area contributed by atoms with E-state index in [9.17, 15) is 0 Å². The van der Waals surface area contributed by atoms with E-state index in [0.717, 1.165) is 21.8 Å². The van der Waals surface area contributed by atoms with Crippen molar-refractivity contribution < 1.29 is 0 Å². The summed E-state index contributed by atoms with van der Waals surface area (Å²) in [5.41, 5.74) is 2.13. The van der Waals surface area contributed by atoms with E-state index in [1.54, 1.807) is 0 Å². The van der Waals surface area contributed by atoms with Crippen molar-refractivity contribution in [1.82, 2.24) is 19.3 Å². The normalized spacial score (nSPS) is 10.9. The van der Waals surface area contributed by atoms with E-state index in [0.29, 0.717) is 0 Å². The molecule has 0 spiro atoms. The molecule has 0 atom stereocenters. The van der Waals surface area contributed by atoms with Gasteiger partial charge in [-0.3, -0.25) is 4.68 Å².